The van der Waals surface area contributed by atoms with Gasteiger partial charge < -0.3 is 24.3 Å². The molecule has 0 aliphatic carbocycles. The predicted octanol–water partition coefficient (Wildman–Crippen LogP) is 3.28. The Balaban J connectivity index is 1.46. The number of carbonyl (C=O) groups excluding carboxylic acids is 1. The van der Waals surface area contributed by atoms with Crippen LogP contribution in [0, 0.1) is 0 Å². The number of carbonyl (C=O) groups is 1. The molecule has 1 N–H and O–H groups in total. The summed E-state index contributed by atoms with van der Waals surface area (Å²) in [6.45, 7) is 5.29. The lowest BCUT2D eigenvalue weighted by Crippen LogP contribution is -2.37. The van der Waals surface area contributed by atoms with E-state index >= 15 is 0 Å². The van der Waals surface area contributed by atoms with Crippen LogP contribution in [0.4, 0.5) is 5.69 Å². The van der Waals surface area contributed by atoms with E-state index in [0.717, 1.165) is 61.8 Å². The Morgan fingerprint density at radius 1 is 1.10 bits per heavy atom. The maximum atomic E-state index is 12.4. The van der Waals surface area contributed by atoms with E-state index in [9.17, 15) is 4.79 Å². The Morgan fingerprint density at radius 3 is 2.65 bits per heavy atom. The SMILES string of the molecule is COc1cc2c(cc1OC)C(c1cccc(OCCCN3CCOCC3)c1)CC(=O)N2. The molecule has 0 aromatic heterocycles. The molecule has 2 heterocycles. The summed E-state index contributed by atoms with van der Waals surface area (Å²) in [5.41, 5.74) is 2.83. The van der Waals surface area contributed by atoms with Gasteiger partial charge in [0.1, 0.15) is 5.75 Å². The third-order valence-electron chi connectivity index (χ3n) is 5.85. The third kappa shape index (κ3) is 5.11. The monoisotopic (exact) mass is 426 g/mol. The zero-order chi connectivity index (χ0) is 21.6. The predicted molar refractivity (Wildman–Crippen MR) is 118 cm³/mol. The van der Waals surface area contributed by atoms with Crippen LogP contribution in [0.15, 0.2) is 36.4 Å². The van der Waals surface area contributed by atoms with E-state index in [1.54, 1.807) is 14.2 Å². The number of ether oxygens (including phenoxy) is 4. The van der Waals surface area contributed by atoms with Crippen molar-refractivity contribution in [1.29, 1.82) is 0 Å². The van der Waals surface area contributed by atoms with Crippen molar-refractivity contribution in [3.8, 4) is 17.2 Å². The van der Waals surface area contributed by atoms with Gasteiger partial charge in [-0.05, 0) is 35.7 Å². The molecule has 2 aliphatic heterocycles. The number of morpholine rings is 1. The van der Waals surface area contributed by atoms with Gasteiger partial charge in [0.05, 0.1) is 34.0 Å². The largest absolute Gasteiger partial charge is 0.494 e. The molecule has 1 fully saturated rings. The van der Waals surface area contributed by atoms with Gasteiger partial charge in [0.25, 0.3) is 0 Å². The van der Waals surface area contributed by atoms with E-state index in [0.29, 0.717) is 24.5 Å². The summed E-state index contributed by atoms with van der Waals surface area (Å²) in [6.07, 6.45) is 1.35. The van der Waals surface area contributed by atoms with Gasteiger partial charge in [-0.25, -0.2) is 0 Å². The van der Waals surface area contributed by atoms with Crippen molar-refractivity contribution in [3.05, 3.63) is 47.5 Å². The maximum Gasteiger partial charge on any atom is 0.225 e. The molecule has 4 rings (SSSR count). The summed E-state index contributed by atoms with van der Waals surface area (Å²) < 4.78 is 22.3. The summed E-state index contributed by atoms with van der Waals surface area (Å²) in [6, 6.07) is 11.8. The van der Waals surface area contributed by atoms with Gasteiger partial charge in [0.15, 0.2) is 11.5 Å². The first-order valence-corrected chi connectivity index (χ1v) is 10.8. The maximum absolute atomic E-state index is 12.4. The van der Waals surface area contributed by atoms with Crippen LogP contribution in [0.25, 0.3) is 0 Å². The average molecular weight is 427 g/mol. The van der Waals surface area contributed by atoms with E-state index < -0.39 is 0 Å². The van der Waals surface area contributed by atoms with Crippen LogP contribution in [-0.4, -0.2) is 64.5 Å². The molecule has 2 aromatic rings. The van der Waals surface area contributed by atoms with E-state index in [1.165, 1.54) is 0 Å². The molecule has 7 heteroatoms. The molecule has 166 valence electrons. The van der Waals surface area contributed by atoms with Crippen LogP contribution in [-0.2, 0) is 9.53 Å². The zero-order valence-corrected chi connectivity index (χ0v) is 18.2. The van der Waals surface area contributed by atoms with Crippen LogP contribution in [0.1, 0.15) is 29.9 Å². The number of nitrogens with zero attached hydrogens (tertiary/aromatic N) is 1. The molecular formula is C24H30N2O5. The van der Waals surface area contributed by atoms with Crippen molar-refractivity contribution in [2.75, 3.05) is 59.0 Å². The standard InChI is InChI=1S/C24H30N2O5/c1-28-22-14-20-19(15-24(27)25-21(20)16-23(22)29-2)17-5-3-6-18(13-17)31-10-4-7-26-8-11-30-12-9-26/h3,5-6,13-14,16,19H,4,7-12,15H2,1-2H3,(H,25,27). The average Bonchev–Trinajstić information content (AvgIpc) is 2.81. The van der Waals surface area contributed by atoms with Crippen LogP contribution in [0.2, 0.25) is 0 Å². The second-order valence-electron chi connectivity index (χ2n) is 7.83. The number of rotatable bonds is 8. The number of amides is 1. The molecule has 0 bridgehead atoms. The second-order valence-corrected chi connectivity index (χ2v) is 7.83. The minimum Gasteiger partial charge on any atom is -0.494 e. The van der Waals surface area contributed by atoms with Crippen molar-refractivity contribution in [2.45, 2.75) is 18.8 Å². The number of nitrogens with one attached hydrogen (secondary N) is 1. The minimum atomic E-state index is -0.0690. The molecule has 0 saturated carbocycles. The Labute approximate surface area is 183 Å². The van der Waals surface area contributed by atoms with Gasteiger partial charge in [-0.2, -0.15) is 0 Å². The smallest absolute Gasteiger partial charge is 0.225 e. The molecule has 7 nitrogen and oxygen atoms in total. The molecule has 2 aliphatic rings. The molecule has 0 radical (unpaired) electrons. The normalized spacial score (nSPS) is 18.8. The first-order valence-electron chi connectivity index (χ1n) is 10.8. The topological polar surface area (TPSA) is 69.3 Å². The first-order chi connectivity index (χ1) is 15.2. The summed E-state index contributed by atoms with van der Waals surface area (Å²) in [5, 5.41) is 2.95. The highest BCUT2D eigenvalue weighted by Crippen LogP contribution is 2.43. The highest BCUT2D eigenvalue weighted by Gasteiger charge is 2.28. The molecule has 1 unspecified atom stereocenters. The molecule has 31 heavy (non-hydrogen) atoms. The van der Waals surface area contributed by atoms with Gasteiger partial charge in [0.2, 0.25) is 5.91 Å². The molecule has 1 saturated heterocycles. The highest BCUT2D eigenvalue weighted by atomic mass is 16.5. The lowest BCUT2D eigenvalue weighted by Gasteiger charge is -2.27. The van der Waals surface area contributed by atoms with Crippen molar-refractivity contribution in [2.24, 2.45) is 0 Å². The molecule has 2 aromatic carbocycles. The van der Waals surface area contributed by atoms with E-state index in [-0.39, 0.29) is 11.8 Å². The lowest BCUT2D eigenvalue weighted by molar-refractivity contribution is -0.116. The Morgan fingerprint density at radius 2 is 1.87 bits per heavy atom. The van der Waals surface area contributed by atoms with Gasteiger partial charge in [0, 0.05) is 43.7 Å². The Hall–Kier alpha value is -2.77. The molecule has 0 spiro atoms. The molecule has 1 atom stereocenters. The first kappa shape index (κ1) is 21.5. The van der Waals surface area contributed by atoms with Crippen LogP contribution < -0.4 is 19.5 Å². The fraction of sp³-hybridized carbons (Fsp3) is 0.458. The quantitative estimate of drug-likeness (QED) is 0.654. The second kappa shape index (κ2) is 10.0. The number of hydrogen-bond donors (Lipinski definition) is 1. The van der Waals surface area contributed by atoms with Gasteiger partial charge in [-0.15, -0.1) is 0 Å². The van der Waals surface area contributed by atoms with E-state index in [1.807, 2.05) is 36.4 Å². The van der Waals surface area contributed by atoms with Gasteiger partial charge >= 0.3 is 0 Å². The highest BCUT2D eigenvalue weighted by molar-refractivity contribution is 5.96. The fourth-order valence-corrected chi connectivity index (χ4v) is 4.21. The van der Waals surface area contributed by atoms with Crippen LogP contribution in [0.3, 0.4) is 0 Å². The fourth-order valence-electron chi connectivity index (χ4n) is 4.21. The number of methoxy groups -OCH3 is 2. The van der Waals surface area contributed by atoms with Gasteiger partial charge in [-0.3, -0.25) is 9.69 Å². The summed E-state index contributed by atoms with van der Waals surface area (Å²) in [7, 11) is 3.21. The number of benzene rings is 2. The summed E-state index contributed by atoms with van der Waals surface area (Å²) in [4.78, 5) is 14.8. The number of fused-ring (bicyclic) bond motifs is 1. The third-order valence-corrected chi connectivity index (χ3v) is 5.85. The summed E-state index contributed by atoms with van der Waals surface area (Å²) >= 11 is 0. The summed E-state index contributed by atoms with van der Waals surface area (Å²) in [5.74, 6) is 1.99. The van der Waals surface area contributed by atoms with Gasteiger partial charge in [-0.1, -0.05) is 12.1 Å². The number of hydrogen-bond acceptors (Lipinski definition) is 6. The van der Waals surface area contributed by atoms with Crippen molar-refractivity contribution in [3.63, 3.8) is 0 Å². The van der Waals surface area contributed by atoms with E-state index in [4.69, 9.17) is 18.9 Å². The van der Waals surface area contributed by atoms with Crippen LogP contribution >= 0.6 is 0 Å². The van der Waals surface area contributed by atoms with Crippen molar-refractivity contribution < 1.29 is 23.7 Å². The molecular weight excluding hydrogens is 396 g/mol. The van der Waals surface area contributed by atoms with Crippen molar-refractivity contribution >= 4 is 11.6 Å². The van der Waals surface area contributed by atoms with E-state index in [2.05, 4.69) is 10.2 Å². The van der Waals surface area contributed by atoms with Crippen LogP contribution in [0.5, 0.6) is 17.2 Å². The zero-order valence-electron chi connectivity index (χ0n) is 18.2. The Kier molecular flexibility index (Phi) is 6.94. The van der Waals surface area contributed by atoms with Crippen molar-refractivity contribution in [1.82, 2.24) is 4.90 Å². The Bertz CT molecular complexity index is 911. The minimum absolute atomic E-state index is 0.0125. The lowest BCUT2D eigenvalue weighted by atomic mass is 9.84. The number of anilines is 1. The molecule has 1 amide bonds.